The summed E-state index contributed by atoms with van der Waals surface area (Å²) < 4.78 is 39.2. The molecule has 1 heterocycles. The van der Waals surface area contributed by atoms with E-state index in [1.54, 1.807) is 6.07 Å². The van der Waals surface area contributed by atoms with Gasteiger partial charge in [0.1, 0.15) is 0 Å². The Labute approximate surface area is 152 Å². The lowest BCUT2D eigenvalue weighted by Gasteiger charge is -2.34. The van der Waals surface area contributed by atoms with Crippen molar-refractivity contribution in [3.8, 4) is 0 Å². The van der Waals surface area contributed by atoms with E-state index < -0.39 is 17.3 Å². The number of alkyl halides is 3. The Morgan fingerprint density at radius 2 is 1.73 bits per heavy atom. The molecule has 0 amide bonds. The molecule has 0 saturated carbocycles. The summed E-state index contributed by atoms with van der Waals surface area (Å²) in [7, 11) is 0. The highest BCUT2D eigenvalue weighted by molar-refractivity contribution is 5.31. The van der Waals surface area contributed by atoms with Gasteiger partial charge in [-0.15, -0.1) is 0 Å². The summed E-state index contributed by atoms with van der Waals surface area (Å²) in [6.07, 6.45) is -3.24. The van der Waals surface area contributed by atoms with Gasteiger partial charge >= 0.3 is 6.18 Å². The molecular formula is C21H24F3NO. The van der Waals surface area contributed by atoms with E-state index in [9.17, 15) is 18.3 Å². The van der Waals surface area contributed by atoms with Gasteiger partial charge in [0.2, 0.25) is 0 Å². The summed E-state index contributed by atoms with van der Waals surface area (Å²) in [5.74, 6) is -0.0836. The van der Waals surface area contributed by atoms with Crippen LogP contribution < -0.4 is 0 Å². The van der Waals surface area contributed by atoms with Crippen LogP contribution in [0.3, 0.4) is 0 Å². The number of likely N-dealkylation sites (tertiary alicyclic amines) is 1. The van der Waals surface area contributed by atoms with Crippen LogP contribution in [0, 0.1) is 5.92 Å². The highest BCUT2D eigenvalue weighted by Gasteiger charge is 2.42. The molecule has 1 aliphatic heterocycles. The minimum atomic E-state index is -4.40. The molecule has 0 bridgehead atoms. The predicted octanol–water partition coefficient (Wildman–Crippen LogP) is 4.83. The fraction of sp³-hybridized carbons (Fsp3) is 0.429. The van der Waals surface area contributed by atoms with E-state index in [1.807, 2.05) is 25.1 Å². The first-order valence-electron chi connectivity index (χ1n) is 8.99. The zero-order valence-corrected chi connectivity index (χ0v) is 14.8. The molecule has 0 radical (unpaired) electrons. The van der Waals surface area contributed by atoms with Gasteiger partial charge in [0, 0.05) is 19.0 Å². The second-order valence-corrected chi connectivity index (χ2v) is 7.06. The largest absolute Gasteiger partial charge is 0.416 e. The van der Waals surface area contributed by atoms with E-state index in [2.05, 4.69) is 17.0 Å². The fourth-order valence-corrected chi connectivity index (χ4v) is 3.90. The highest BCUT2D eigenvalue weighted by atomic mass is 19.4. The topological polar surface area (TPSA) is 23.5 Å². The molecule has 0 unspecified atom stereocenters. The van der Waals surface area contributed by atoms with Crippen molar-refractivity contribution < 1.29 is 18.3 Å². The van der Waals surface area contributed by atoms with Crippen LogP contribution in [0.1, 0.15) is 36.5 Å². The SMILES string of the molecule is CC[C@](O)(c1cccc(C(F)(F)F)c1)[C@@H]1CCN(Cc2ccccc2)C1. The molecule has 1 N–H and O–H groups in total. The van der Waals surface area contributed by atoms with Gasteiger partial charge in [-0.25, -0.2) is 0 Å². The first-order chi connectivity index (χ1) is 12.3. The Morgan fingerprint density at radius 3 is 2.38 bits per heavy atom. The molecule has 140 valence electrons. The minimum absolute atomic E-state index is 0.0836. The van der Waals surface area contributed by atoms with Crippen LogP contribution in [-0.4, -0.2) is 23.1 Å². The number of hydrogen-bond donors (Lipinski definition) is 1. The molecule has 1 fully saturated rings. The van der Waals surface area contributed by atoms with Gasteiger partial charge in [-0.2, -0.15) is 13.2 Å². The van der Waals surface area contributed by atoms with Gasteiger partial charge < -0.3 is 5.11 Å². The second-order valence-electron chi connectivity index (χ2n) is 7.06. The third-order valence-electron chi connectivity index (χ3n) is 5.43. The maximum atomic E-state index is 13.1. The normalized spacial score (nSPS) is 20.9. The van der Waals surface area contributed by atoms with Crippen molar-refractivity contribution in [3.05, 3.63) is 71.3 Å². The van der Waals surface area contributed by atoms with Gasteiger partial charge in [-0.05, 0) is 42.6 Å². The Bertz CT molecular complexity index is 732. The maximum absolute atomic E-state index is 13.1. The Kier molecular flexibility index (Phi) is 5.39. The molecule has 2 aromatic rings. The third-order valence-corrected chi connectivity index (χ3v) is 5.43. The van der Waals surface area contributed by atoms with Crippen LogP contribution in [0.5, 0.6) is 0 Å². The van der Waals surface area contributed by atoms with Crippen molar-refractivity contribution in [1.29, 1.82) is 0 Å². The molecule has 5 heteroatoms. The van der Waals surface area contributed by atoms with Crippen LogP contribution in [0.25, 0.3) is 0 Å². The standard InChI is InChI=1S/C21H24F3NO/c1-2-20(26,17-9-6-10-18(13-17)21(22,23)24)19-11-12-25(15-19)14-16-7-4-3-5-8-16/h3-10,13,19,26H,2,11-12,14-15H2,1H3/t19-,20+/m1/s1. The molecule has 2 aromatic carbocycles. The molecule has 2 nitrogen and oxygen atoms in total. The van der Waals surface area contributed by atoms with E-state index in [1.165, 1.54) is 11.6 Å². The number of aliphatic hydroxyl groups is 1. The van der Waals surface area contributed by atoms with Gasteiger partial charge in [-0.3, -0.25) is 4.90 Å². The monoisotopic (exact) mass is 363 g/mol. The van der Waals surface area contributed by atoms with E-state index in [0.717, 1.165) is 31.6 Å². The zero-order chi connectivity index (χ0) is 18.8. The summed E-state index contributed by atoms with van der Waals surface area (Å²) in [4.78, 5) is 2.26. The summed E-state index contributed by atoms with van der Waals surface area (Å²) in [5, 5.41) is 11.3. The smallest absolute Gasteiger partial charge is 0.385 e. The summed E-state index contributed by atoms with van der Waals surface area (Å²) in [5.41, 5.74) is -0.387. The van der Waals surface area contributed by atoms with Crippen molar-refractivity contribution in [1.82, 2.24) is 4.90 Å². The molecule has 0 aliphatic carbocycles. The van der Waals surface area contributed by atoms with Crippen LogP contribution >= 0.6 is 0 Å². The summed E-state index contributed by atoms with van der Waals surface area (Å²) in [6.45, 7) is 4.14. The van der Waals surface area contributed by atoms with Crippen LogP contribution in [0.15, 0.2) is 54.6 Å². The average Bonchev–Trinajstić information content (AvgIpc) is 3.10. The Morgan fingerprint density at radius 1 is 1.04 bits per heavy atom. The van der Waals surface area contributed by atoms with Crippen molar-refractivity contribution in [2.45, 2.75) is 38.1 Å². The predicted molar refractivity (Wildman–Crippen MR) is 95.5 cm³/mol. The van der Waals surface area contributed by atoms with E-state index in [-0.39, 0.29) is 5.92 Å². The fourth-order valence-electron chi connectivity index (χ4n) is 3.90. The number of hydrogen-bond acceptors (Lipinski definition) is 2. The van der Waals surface area contributed by atoms with Gasteiger partial charge in [0.15, 0.2) is 0 Å². The Balaban J connectivity index is 1.78. The van der Waals surface area contributed by atoms with Crippen molar-refractivity contribution >= 4 is 0 Å². The summed E-state index contributed by atoms with van der Waals surface area (Å²) in [6, 6.07) is 15.2. The molecule has 1 saturated heterocycles. The lowest BCUT2D eigenvalue weighted by atomic mass is 9.78. The van der Waals surface area contributed by atoms with Crippen LogP contribution in [0.4, 0.5) is 13.2 Å². The van der Waals surface area contributed by atoms with Crippen molar-refractivity contribution in [3.63, 3.8) is 0 Å². The molecule has 26 heavy (non-hydrogen) atoms. The first kappa shape index (κ1) is 18.9. The molecule has 0 spiro atoms. The van der Waals surface area contributed by atoms with Crippen molar-refractivity contribution in [2.75, 3.05) is 13.1 Å². The Hall–Kier alpha value is -1.85. The number of halogens is 3. The van der Waals surface area contributed by atoms with E-state index >= 15 is 0 Å². The van der Waals surface area contributed by atoms with Gasteiger partial charge in [0.25, 0.3) is 0 Å². The number of benzene rings is 2. The van der Waals surface area contributed by atoms with Gasteiger partial charge in [-0.1, -0.05) is 49.4 Å². The van der Waals surface area contributed by atoms with E-state index in [4.69, 9.17) is 0 Å². The minimum Gasteiger partial charge on any atom is -0.385 e. The average molecular weight is 363 g/mol. The second kappa shape index (κ2) is 7.41. The summed E-state index contributed by atoms with van der Waals surface area (Å²) >= 11 is 0. The van der Waals surface area contributed by atoms with Crippen molar-refractivity contribution in [2.24, 2.45) is 5.92 Å². The molecule has 2 atom stereocenters. The highest BCUT2D eigenvalue weighted by Crippen LogP contribution is 2.40. The lowest BCUT2D eigenvalue weighted by Crippen LogP contribution is -2.36. The zero-order valence-electron chi connectivity index (χ0n) is 14.8. The molecule has 0 aromatic heterocycles. The van der Waals surface area contributed by atoms with Gasteiger partial charge in [0.05, 0.1) is 11.2 Å². The lowest BCUT2D eigenvalue weighted by molar-refractivity contribution is -0.137. The van der Waals surface area contributed by atoms with Crippen LogP contribution in [-0.2, 0) is 18.3 Å². The first-order valence-corrected chi connectivity index (χ1v) is 8.99. The number of nitrogens with zero attached hydrogens (tertiary/aromatic N) is 1. The maximum Gasteiger partial charge on any atom is 0.416 e. The molecule has 3 rings (SSSR count). The quantitative estimate of drug-likeness (QED) is 0.823. The molecule has 1 aliphatic rings. The van der Waals surface area contributed by atoms with E-state index in [0.29, 0.717) is 18.5 Å². The number of rotatable bonds is 5. The van der Waals surface area contributed by atoms with Crippen LogP contribution in [0.2, 0.25) is 0 Å². The third kappa shape index (κ3) is 3.94. The molecular weight excluding hydrogens is 339 g/mol.